The summed E-state index contributed by atoms with van der Waals surface area (Å²) in [7, 11) is 0. The fourth-order valence-electron chi connectivity index (χ4n) is 2.50. The van der Waals surface area contributed by atoms with E-state index in [-0.39, 0.29) is 17.9 Å². The van der Waals surface area contributed by atoms with Gasteiger partial charge in [-0.25, -0.2) is 0 Å². The Balaban J connectivity index is 2.32. The Morgan fingerprint density at radius 3 is 2.44 bits per heavy atom. The third-order valence-electron chi connectivity index (χ3n) is 3.83. The minimum absolute atomic E-state index is 0.0537. The fourth-order valence-corrected chi connectivity index (χ4v) is 2.50. The molecule has 0 saturated heterocycles. The van der Waals surface area contributed by atoms with Gasteiger partial charge in [-0.05, 0) is 26.2 Å². The monoisotopic (exact) mass is 254 g/mol. The molecule has 0 aromatic carbocycles. The number of rotatable bonds is 6. The van der Waals surface area contributed by atoms with Crippen LogP contribution in [-0.2, 0) is 9.59 Å². The lowest BCUT2D eigenvalue weighted by Crippen LogP contribution is -2.40. The third-order valence-corrected chi connectivity index (χ3v) is 3.83. The number of hydrogen-bond donors (Lipinski definition) is 1. The molecule has 0 aromatic rings. The highest BCUT2D eigenvalue weighted by atomic mass is 16.2. The van der Waals surface area contributed by atoms with Gasteiger partial charge in [-0.1, -0.05) is 19.8 Å². The molecule has 4 nitrogen and oxygen atoms in total. The van der Waals surface area contributed by atoms with Crippen molar-refractivity contribution >= 4 is 11.8 Å². The largest absolute Gasteiger partial charge is 0.353 e. The smallest absolute Gasteiger partial charge is 0.221 e. The van der Waals surface area contributed by atoms with Gasteiger partial charge in [0, 0.05) is 32.0 Å². The number of hydrogen-bond acceptors (Lipinski definition) is 2. The summed E-state index contributed by atoms with van der Waals surface area (Å²) in [4.78, 5) is 25.1. The second kappa shape index (κ2) is 7.39. The van der Waals surface area contributed by atoms with E-state index in [1.165, 1.54) is 12.8 Å². The van der Waals surface area contributed by atoms with Crippen LogP contribution in [0.2, 0.25) is 0 Å². The van der Waals surface area contributed by atoms with Crippen molar-refractivity contribution in [1.29, 1.82) is 0 Å². The number of nitrogens with zero attached hydrogens (tertiary/aromatic N) is 1. The van der Waals surface area contributed by atoms with Crippen LogP contribution in [0.25, 0.3) is 0 Å². The fraction of sp³-hybridized carbons (Fsp3) is 0.857. The Hall–Kier alpha value is -1.06. The van der Waals surface area contributed by atoms with Gasteiger partial charge in [0.25, 0.3) is 0 Å². The summed E-state index contributed by atoms with van der Waals surface area (Å²) in [5, 5.41) is 3.05. The molecule has 18 heavy (non-hydrogen) atoms. The van der Waals surface area contributed by atoms with Gasteiger partial charge >= 0.3 is 0 Å². The molecule has 1 fully saturated rings. The lowest BCUT2D eigenvalue weighted by atomic mass is 10.2. The van der Waals surface area contributed by atoms with E-state index in [2.05, 4.69) is 12.2 Å². The lowest BCUT2D eigenvalue weighted by Gasteiger charge is -2.27. The first-order chi connectivity index (χ1) is 8.54. The van der Waals surface area contributed by atoms with E-state index in [0.29, 0.717) is 19.0 Å². The lowest BCUT2D eigenvalue weighted by molar-refractivity contribution is -0.131. The van der Waals surface area contributed by atoms with E-state index in [4.69, 9.17) is 0 Å². The van der Waals surface area contributed by atoms with Crippen molar-refractivity contribution in [2.45, 2.75) is 71.4 Å². The molecule has 0 bridgehead atoms. The zero-order valence-corrected chi connectivity index (χ0v) is 11.9. The predicted molar refractivity (Wildman–Crippen MR) is 72.2 cm³/mol. The quantitative estimate of drug-likeness (QED) is 0.789. The molecule has 0 heterocycles. The van der Waals surface area contributed by atoms with Crippen LogP contribution in [0, 0.1) is 0 Å². The molecule has 1 aliphatic rings. The molecule has 1 rings (SSSR count). The minimum Gasteiger partial charge on any atom is -0.353 e. The SMILES string of the molecule is CCC(C)N(CCC(=O)NC1CCCC1)C(C)=O. The third kappa shape index (κ3) is 4.67. The van der Waals surface area contributed by atoms with E-state index in [9.17, 15) is 9.59 Å². The molecule has 0 radical (unpaired) electrons. The van der Waals surface area contributed by atoms with Crippen LogP contribution in [0.1, 0.15) is 59.3 Å². The molecule has 1 unspecified atom stereocenters. The molecule has 0 aliphatic heterocycles. The van der Waals surface area contributed by atoms with E-state index < -0.39 is 0 Å². The first kappa shape index (κ1) is 15.0. The molecule has 0 aromatic heterocycles. The van der Waals surface area contributed by atoms with E-state index >= 15 is 0 Å². The highest BCUT2D eigenvalue weighted by molar-refractivity contribution is 5.78. The summed E-state index contributed by atoms with van der Waals surface area (Å²) >= 11 is 0. The maximum absolute atomic E-state index is 11.8. The molecule has 1 atom stereocenters. The van der Waals surface area contributed by atoms with Gasteiger partial charge in [0.15, 0.2) is 0 Å². The van der Waals surface area contributed by atoms with Crippen molar-refractivity contribution in [1.82, 2.24) is 10.2 Å². The van der Waals surface area contributed by atoms with Gasteiger partial charge in [0.2, 0.25) is 11.8 Å². The highest BCUT2D eigenvalue weighted by Crippen LogP contribution is 2.17. The Bertz CT molecular complexity index is 286. The van der Waals surface area contributed by atoms with Gasteiger partial charge in [0.1, 0.15) is 0 Å². The second-order valence-electron chi connectivity index (χ2n) is 5.27. The second-order valence-corrected chi connectivity index (χ2v) is 5.27. The molecule has 4 heteroatoms. The van der Waals surface area contributed by atoms with Crippen molar-refractivity contribution in [3.63, 3.8) is 0 Å². The summed E-state index contributed by atoms with van der Waals surface area (Å²) in [5.41, 5.74) is 0. The van der Waals surface area contributed by atoms with Crippen molar-refractivity contribution < 1.29 is 9.59 Å². The van der Waals surface area contributed by atoms with Crippen LogP contribution >= 0.6 is 0 Å². The summed E-state index contributed by atoms with van der Waals surface area (Å²) in [6.07, 6.45) is 5.99. The number of nitrogens with one attached hydrogen (secondary N) is 1. The molecule has 1 aliphatic carbocycles. The normalized spacial score (nSPS) is 17.5. The average molecular weight is 254 g/mol. The van der Waals surface area contributed by atoms with Gasteiger partial charge in [-0.15, -0.1) is 0 Å². The van der Waals surface area contributed by atoms with Crippen LogP contribution in [0.3, 0.4) is 0 Å². The van der Waals surface area contributed by atoms with E-state index in [1.54, 1.807) is 11.8 Å². The first-order valence-corrected chi connectivity index (χ1v) is 7.11. The standard InChI is InChI=1S/C14H26N2O2/c1-4-11(2)16(12(3)17)10-9-14(18)15-13-7-5-6-8-13/h11,13H,4-10H2,1-3H3,(H,15,18). The molecular formula is C14H26N2O2. The average Bonchev–Trinajstić information content (AvgIpc) is 2.81. The van der Waals surface area contributed by atoms with Gasteiger partial charge < -0.3 is 10.2 Å². The minimum atomic E-state index is 0.0537. The van der Waals surface area contributed by atoms with Crippen LogP contribution < -0.4 is 5.32 Å². The first-order valence-electron chi connectivity index (χ1n) is 7.11. The van der Waals surface area contributed by atoms with Crippen LogP contribution in [0.15, 0.2) is 0 Å². The maximum atomic E-state index is 11.8. The number of carbonyl (C=O) groups excluding carboxylic acids is 2. The Morgan fingerprint density at radius 1 is 1.33 bits per heavy atom. The van der Waals surface area contributed by atoms with Crippen LogP contribution in [0.5, 0.6) is 0 Å². The zero-order valence-electron chi connectivity index (χ0n) is 11.9. The highest BCUT2D eigenvalue weighted by Gasteiger charge is 2.19. The number of amides is 2. The maximum Gasteiger partial charge on any atom is 0.221 e. The van der Waals surface area contributed by atoms with Gasteiger partial charge in [0.05, 0.1) is 0 Å². The topological polar surface area (TPSA) is 49.4 Å². The molecule has 104 valence electrons. The van der Waals surface area contributed by atoms with Crippen molar-refractivity contribution in [2.24, 2.45) is 0 Å². The summed E-state index contributed by atoms with van der Waals surface area (Å²) in [5.74, 6) is 0.134. The molecular weight excluding hydrogens is 228 g/mol. The molecule has 1 N–H and O–H groups in total. The molecule has 0 spiro atoms. The molecule has 1 saturated carbocycles. The zero-order chi connectivity index (χ0) is 13.5. The van der Waals surface area contributed by atoms with Gasteiger partial charge in [-0.2, -0.15) is 0 Å². The van der Waals surface area contributed by atoms with Gasteiger partial charge in [-0.3, -0.25) is 9.59 Å². The van der Waals surface area contributed by atoms with E-state index in [1.807, 2.05) is 6.92 Å². The van der Waals surface area contributed by atoms with Crippen molar-refractivity contribution in [2.75, 3.05) is 6.54 Å². The van der Waals surface area contributed by atoms with E-state index in [0.717, 1.165) is 19.3 Å². The summed E-state index contributed by atoms with van der Waals surface area (Å²) < 4.78 is 0. The Morgan fingerprint density at radius 2 is 1.94 bits per heavy atom. The summed E-state index contributed by atoms with van der Waals surface area (Å²) in [6, 6.07) is 0.577. The predicted octanol–water partition coefficient (Wildman–Crippen LogP) is 2.08. The van der Waals surface area contributed by atoms with Crippen LogP contribution in [-0.4, -0.2) is 35.3 Å². The molecule has 2 amide bonds. The Labute approximate surface area is 110 Å². The van der Waals surface area contributed by atoms with Crippen molar-refractivity contribution in [3.8, 4) is 0 Å². The Kier molecular flexibility index (Phi) is 6.16. The summed E-state index contributed by atoms with van der Waals surface area (Å²) in [6.45, 7) is 6.18. The van der Waals surface area contributed by atoms with Crippen LogP contribution in [0.4, 0.5) is 0 Å². The van der Waals surface area contributed by atoms with Crippen molar-refractivity contribution in [3.05, 3.63) is 0 Å². The number of carbonyl (C=O) groups is 2.